The highest BCUT2D eigenvalue weighted by atomic mass is 19.1. The van der Waals surface area contributed by atoms with Crippen molar-refractivity contribution in [1.29, 1.82) is 0 Å². The Morgan fingerprint density at radius 1 is 1.03 bits per heavy atom. The van der Waals surface area contributed by atoms with Gasteiger partial charge < -0.3 is 21.1 Å². The van der Waals surface area contributed by atoms with Crippen LogP contribution in [0.1, 0.15) is 79.4 Å². The fraction of sp³-hybridized carbons (Fsp3) is 0.464. The quantitative estimate of drug-likeness (QED) is 0.349. The minimum atomic E-state index is -1.11. The van der Waals surface area contributed by atoms with Crippen LogP contribution in [0.15, 0.2) is 30.3 Å². The molecule has 1 atom stereocenters. The Morgan fingerprint density at radius 2 is 1.67 bits per heavy atom. The van der Waals surface area contributed by atoms with E-state index < -0.39 is 35.2 Å². The van der Waals surface area contributed by atoms with Crippen LogP contribution in [0, 0.1) is 25.1 Å². The second-order valence-electron chi connectivity index (χ2n) is 10.1. The predicted molar refractivity (Wildman–Crippen MR) is 139 cm³/mol. The number of amides is 3. The molecule has 0 saturated heterocycles. The zero-order valence-corrected chi connectivity index (χ0v) is 21.5. The van der Waals surface area contributed by atoms with Crippen molar-refractivity contribution in [3.8, 4) is 0 Å². The highest BCUT2D eigenvalue weighted by Gasteiger charge is 2.41. The molecule has 3 rings (SSSR count). The molecule has 7 nitrogen and oxygen atoms in total. The third-order valence-corrected chi connectivity index (χ3v) is 7.06. The Hall–Kier alpha value is -3.42. The number of carboxylic acid groups (broad SMARTS) is 1. The van der Waals surface area contributed by atoms with Gasteiger partial charge in [-0.15, -0.1) is 0 Å². The van der Waals surface area contributed by atoms with E-state index in [1.54, 1.807) is 0 Å². The van der Waals surface area contributed by atoms with Gasteiger partial charge in [-0.2, -0.15) is 0 Å². The molecule has 4 N–H and O–H groups in total. The topological polar surface area (TPSA) is 108 Å². The number of benzene rings is 2. The molecule has 0 aliphatic heterocycles. The monoisotopic (exact) mass is 497 g/mol. The molecule has 0 radical (unpaired) electrons. The number of anilines is 2. The van der Waals surface area contributed by atoms with Gasteiger partial charge in [0.2, 0.25) is 0 Å². The number of aryl methyl sites for hydroxylation is 3. The number of urea groups is 1. The largest absolute Gasteiger partial charge is 0.480 e. The van der Waals surface area contributed by atoms with Crippen molar-refractivity contribution < 1.29 is 23.9 Å². The minimum Gasteiger partial charge on any atom is -0.480 e. The van der Waals surface area contributed by atoms with E-state index in [1.807, 2.05) is 32.9 Å². The SMILES string of the molecule is CCCc1cc(C)c(NC(=O)Nc2cc(F)ccc2C(=O)N[C@H](C(=O)O)C2(C)CCCCC2)c(C)c1. The van der Waals surface area contributed by atoms with Crippen molar-refractivity contribution in [2.45, 2.75) is 78.7 Å². The number of nitrogens with one attached hydrogen (secondary N) is 3. The molecule has 1 aliphatic carbocycles. The van der Waals surface area contributed by atoms with E-state index in [0.717, 1.165) is 55.4 Å². The zero-order valence-electron chi connectivity index (χ0n) is 21.5. The van der Waals surface area contributed by atoms with Crippen LogP contribution in [-0.4, -0.2) is 29.1 Å². The second-order valence-corrected chi connectivity index (χ2v) is 10.1. The van der Waals surface area contributed by atoms with Gasteiger partial charge in [0.05, 0.1) is 11.3 Å². The molecule has 0 bridgehead atoms. The van der Waals surface area contributed by atoms with Crippen LogP contribution in [0.3, 0.4) is 0 Å². The summed E-state index contributed by atoms with van der Waals surface area (Å²) in [7, 11) is 0. The zero-order chi connectivity index (χ0) is 26.5. The molecule has 3 amide bonds. The third kappa shape index (κ3) is 6.42. The molecular formula is C28H36FN3O4. The van der Waals surface area contributed by atoms with Gasteiger partial charge in [0, 0.05) is 5.69 Å². The van der Waals surface area contributed by atoms with Gasteiger partial charge in [-0.05, 0) is 73.4 Å². The van der Waals surface area contributed by atoms with Crippen LogP contribution in [0.2, 0.25) is 0 Å². The molecule has 1 saturated carbocycles. The number of hydrogen-bond acceptors (Lipinski definition) is 3. The first-order valence-electron chi connectivity index (χ1n) is 12.6. The molecule has 0 heterocycles. The number of halogens is 1. The van der Waals surface area contributed by atoms with Gasteiger partial charge in [0.15, 0.2) is 0 Å². The minimum absolute atomic E-state index is 0.0102. The van der Waals surface area contributed by atoms with Gasteiger partial charge >= 0.3 is 12.0 Å². The lowest BCUT2D eigenvalue weighted by atomic mass is 9.70. The maximum Gasteiger partial charge on any atom is 0.326 e. The van der Waals surface area contributed by atoms with Gasteiger partial charge in [0.25, 0.3) is 5.91 Å². The molecule has 2 aromatic rings. The first-order chi connectivity index (χ1) is 17.0. The van der Waals surface area contributed by atoms with Gasteiger partial charge in [0.1, 0.15) is 11.9 Å². The van der Waals surface area contributed by atoms with Crippen LogP contribution in [-0.2, 0) is 11.2 Å². The van der Waals surface area contributed by atoms with E-state index in [9.17, 15) is 23.9 Å². The number of carbonyl (C=O) groups excluding carboxylic acids is 2. The van der Waals surface area contributed by atoms with E-state index >= 15 is 0 Å². The summed E-state index contributed by atoms with van der Waals surface area (Å²) in [6.07, 6.45) is 6.17. The Kier molecular flexibility index (Phi) is 8.71. The summed E-state index contributed by atoms with van der Waals surface area (Å²) in [5, 5.41) is 17.9. The maximum atomic E-state index is 14.1. The first-order valence-corrected chi connectivity index (χ1v) is 12.6. The van der Waals surface area contributed by atoms with E-state index in [1.165, 1.54) is 11.6 Å². The average molecular weight is 498 g/mol. The molecule has 2 aromatic carbocycles. The molecule has 1 fully saturated rings. The summed E-state index contributed by atoms with van der Waals surface area (Å²) in [5.41, 5.74) is 2.99. The van der Waals surface area contributed by atoms with Gasteiger partial charge in [-0.1, -0.05) is 51.7 Å². The second kappa shape index (κ2) is 11.5. The Morgan fingerprint density at radius 3 is 2.25 bits per heavy atom. The van der Waals surface area contributed by atoms with Crippen molar-refractivity contribution in [2.75, 3.05) is 10.6 Å². The van der Waals surface area contributed by atoms with Crippen molar-refractivity contribution in [2.24, 2.45) is 5.41 Å². The first kappa shape index (κ1) is 27.2. The average Bonchev–Trinajstić information content (AvgIpc) is 2.80. The molecule has 1 aliphatic rings. The standard InChI is InChI=1S/C28H36FN3O4/c1-5-9-19-14-17(2)23(18(3)15-19)31-27(36)30-22-16-20(29)10-11-21(22)25(33)32-24(26(34)35)28(4)12-7-6-8-13-28/h10-11,14-16,24H,5-9,12-13H2,1-4H3,(H,32,33)(H,34,35)(H2,30,31,36)/t24-/m1/s1. The number of aliphatic carboxylic acids is 1. The summed E-state index contributed by atoms with van der Waals surface area (Å²) in [6.45, 7) is 7.78. The van der Waals surface area contributed by atoms with E-state index in [-0.39, 0.29) is 11.3 Å². The summed E-state index contributed by atoms with van der Waals surface area (Å²) in [5.74, 6) is -2.42. The van der Waals surface area contributed by atoms with E-state index in [2.05, 4.69) is 22.9 Å². The van der Waals surface area contributed by atoms with Crippen LogP contribution in [0.4, 0.5) is 20.6 Å². The van der Waals surface area contributed by atoms with E-state index in [4.69, 9.17) is 0 Å². The van der Waals surface area contributed by atoms with E-state index in [0.29, 0.717) is 18.5 Å². The highest BCUT2D eigenvalue weighted by Crippen LogP contribution is 2.39. The van der Waals surface area contributed by atoms with Crippen LogP contribution >= 0.6 is 0 Å². The fourth-order valence-electron chi connectivity index (χ4n) is 5.16. The van der Waals surface area contributed by atoms with Crippen LogP contribution < -0.4 is 16.0 Å². The Balaban J connectivity index is 1.80. The molecule has 0 unspecified atom stereocenters. The molecule has 8 heteroatoms. The molecular weight excluding hydrogens is 461 g/mol. The molecule has 36 heavy (non-hydrogen) atoms. The summed E-state index contributed by atoms with van der Waals surface area (Å²) in [6, 6.07) is 5.73. The summed E-state index contributed by atoms with van der Waals surface area (Å²) >= 11 is 0. The van der Waals surface area contributed by atoms with Crippen molar-refractivity contribution in [3.05, 3.63) is 58.4 Å². The maximum absolute atomic E-state index is 14.1. The normalized spacial score (nSPS) is 15.6. The van der Waals surface area contributed by atoms with Gasteiger partial charge in [-0.25, -0.2) is 14.0 Å². The lowest BCUT2D eigenvalue weighted by molar-refractivity contribution is -0.143. The predicted octanol–water partition coefficient (Wildman–Crippen LogP) is 6.19. The number of carbonyl (C=O) groups is 3. The fourth-order valence-corrected chi connectivity index (χ4v) is 5.16. The van der Waals surface area contributed by atoms with Crippen LogP contribution in [0.5, 0.6) is 0 Å². The lowest BCUT2D eigenvalue weighted by Crippen LogP contribution is -2.52. The lowest BCUT2D eigenvalue weighted by Gasteiger charge is -2.38. The molecule has 0 aromatic heterocycles. The Bertz CT molecular complexity index is 1120. The smallest absolute Gasteiger partial charge is 0.326 e. The molecule has 194 valence electrons. The highest BCUT2D eigenvalue weighted by molar-refractivity contribution is 6.07. The summed E-state index contributed by atoms with van der Waals surface area (Å²) < 4.78 is 14.1. The molecule has 0 spiro atoms. The van der Waals surface area contributed by atoms with Crippen LogP contribution in [0.25, 0.3) is 0 Å². The van der Waals surface area contributed by atoms with Crippen molar-refractivity contribution in [3.63, 3.8) is 0 Å². The Labute approximate surface area is 211 Å². The third-order valence-electron chi connectivity index (χ3n) is 7.06. The van der Waals surface area contributed by atoms with Crippen molar-refractivity contribution >= 4 is 29.3 Å². The van der Waals surface area contributed by atoms with Gasteiger partial charge in [-0.3, -0.25) is 4.79 Å². The summed E-state index contributed by atoms with van der Waals surface area (Å²) in [4.78, 5) is 38.1. The number of carboxylic acids is 1. The number of hydrogen-bond donors (Lipinski definition) is 4. The number of rotatable bonds is 8. The van der Waals surface area contributed by atoms with Crippen molar-refractivity contribution in [1.82, 2.24) is 5.32 Å².